The largest absolute Gasteiger partial charge is 0.328 e. The van der Waals surface area contributed by atoms with Gasteiger partial charge in [-0.1, -0.05) is 0 Å². The molecule has 3 heterocycles. The molecule has 1 saturated heterocycles. The summed E-state index contributed by atoms with van der Waals surface area (Å²) >= 11 is 0. The molecule has 0 radical (unpaired) electrons. The first kappa shape index (κ1) is 17.1. The van der Waals surface area contributed by atoms with Crippen LogP contribution in [0.1, 0.15) is 42.0 Å². The zero-order valence-electron chi connectivity index (χ0n) is 15.4. The van der Waals surface area contributed by atoms with E-state index in [9.17, 15) is 9.59 Å². The van der Waals surface area contributed by atoms with Gasteiger partial charge in [0.25, 0.3) is 5.56 Å². The Kier molecular flexibility index (Phi) is 4.26. The molecule has 0 amide bonds. The van der Waals surface area contributed by atoms with Crippen LogP contribution in [0.2, 0.25) is 0 Å². The van der Waals surface area contributed by atoms with Crippen molar-refractivity contribution >= 4 is 0 Å². The number of likely N-dealkylation sites (tertiary alicyclic amines) is 1. The Morgan fingerprint density at radius 3 is 2.88 bits per heavy atom. The van der Waals surface area contributed by atoms with E-state index in [1.165, 1.54) is 21.9 Å². The first-order valence-corrected chi connectivity index (χ1v) is 9.33. The smallest absolute Gasteiger partial charge is 0.311 e. The number of nitrogens with zero attached hydrogens (tertiary/aromatic N) is 4. The predicted molar refractivity (Wildman–Crippen MR) is 98.5 cm³/mol. The van der Waals surface area contributed by atoms with Crippen molar-refractivity contribution in [1.82, 2.24) is 24.4 Å². The number of aromatic amines is 1. The third-order valence-corrected chi connectivity index (χ3v) is 5.81. The molecule has 1 fully saturated rings. The quantitative estimate of drug-likeness (QED) is 0.885. The van der Waals surface area contributed by atoms with Crippen molar-refractivity contribution in [2.24, 2.45) is 0 Å². The van der Waals surface area contributed by atoms with E-state index >= 15 is 0 Å². The molecule has 1 spiro atoms. The van der Waals surface area contributed by atoms with E-state index in [2.05, 4.69) is 14.9 Å². The summed E-state index contributed by atoms with van der Waals surface area (Å²) in [5.41, 5.74) is 2.66. The summed E-state index contributed by atoms with van der Waals surface area (Å²) in [6, 6.07) is 1.48. The Hall–Kier alpha value is -2.28. The second kappa shape index (κ2) is 6.46. The summed E-state index contributed by atoms with van der Waals surface area (Å²) in [7, 11) is 0. The van der Waals surface area contributed by atoms with Gasteiger partial charge in [-0.15, -0.1) is 0 Å². The van der Waals surface area contributed by atoms with Crippen molar-refractivity contribution in [3.63, 3.8) is 0 Å². The van der Waals surface area contributed by atoms with Gasteiger partial charge in [0.1, 0.15) is 5.82 Å². The van der Waals surface area contributed by atoms with Gasteiger partial charge < -0.3 is 9.88 Å². The summed E-state index contributed by atoms with van der Waals surface area (Å²) in [5, 5.41) is 0. The Bertz CT molecular complexity index is 912. The Morgan fingerprint density at radius 1 is 1.23 bits per heavy atom. The molecule has 0 saturated carbocycles. The number of rotatable bonds is 3. The Labute approximate surface area is 152 Å². The fourth-order valence-electron chi connectivity index (χ4n) is 4.53. The molecule has 2 aromatic rings. The zero-order valence-corrected chi connectivity index (χ0v) is 15.4. The first-order valence-electron chi connectivity index (χ1n) is 9.33. The van der Waals surface area contributed by atoms with Gasteiger partial charge in [0, 0.05) is 43.0 Å². The summed E-state index contributed by atoms with van der Waals surface area (Å²) in [6.07, 6.45) is 6.40. The highest BCUT2D eigenvalue weighted by Gasteiger charge is 2.43. The standard InChI is InChI=1S/C19H25N5O2/c1-13-10-16(25)24(18(26)21-13)9-8-23-7-3-5-19(12-23)6-4-15-11-20-14(2)22-17(15)19/h10-11H,3-9,12H2,1-2H3,(H,21,26). The SMILES string of the molecule is Cc1ncc2c(n1)C1(CCCN(CCn3c(=O)cc(C)[nH]c3=O)C1)CC2. The van der Waals surface area contributed by atoms with Crippen LogP contribution in [0.5, 0.6) is 0 Å². The first-order chi connectivity index (χ1) is 12.5. The van der Waals surface area contributed by atoms with Crippen molar-refractivity contribution in [2.45, 2.75) is 51.5 Å². The molecule has 1 aliphatic heterocycles. The van der Waals surface area contributed by atoms with Crippen LogP contribution in [0.25, 0.3) is 0 Å². The van der Waals surface area contributed by atoms with E-state index in [4.69, 9.17) is 4.98 Å². The van der Waals surface area contributed by atoms with Crippen LogP contribution >= 0.6 is 0 Å². The minimum atomic E-state index is -0.323. The minimum Gasteiger partial charge on any atom is -0.311 e. The number of hydrogen-bond acceptors (Lipinski definition) is 5. The molecule has 1 aliphatic carbocycles. The van der Waals surface area contributed by atoms with E-state index in [-0.39, 0.29) is 16.7 Å². The molecule has 0 bridgehead atoms. The van der Waals surface area contributed by atoms with E-state index in [0.717, 1.165) is 44.6 Å². The van der Waals surface area contributed by atoms with Gasteiger partial charge in [0.05, 0.1) is 5.69 Å². The summed E-state index contributed by atoms with van der Waals surface area (Å²) < 4.78 is 1.29. The monoisotopic (exact) mass is 355 g/mol. The average Bonchev–Trinajstić information content (AvgIpc) is 2.91. The van der Waals surface area contributed by atoms with Crippen molar-refractivity contribution < 1.29 is 0 Å². The van der Waals surface area contributed by atoms with E-state index in [1.807, 2.05) is 13.1 Å². The van der Waals surface area contributed by atoms with Gasteiger partial charge in [-0.05, 0) is 51.6 Å². The van der Waals surface area contributed by atoms with Crippen molar-refractivity contribution in [2.75, 3.05) is 19.6 Å². The van der Waals surface area contributed by atoms with Gasteiger partial charge in [-0.25, -0.2) is 14.8 Å². The molecule has 0 aromatic carbocycles. The number of hydrogen-bond donors (Lipinski definition) is 1. The lowest BCUT2D eigenvalue weighted by molar-refractivity contribution is 0.138. The summed E-state index contributed by atoms with van der Waals surface area (Å²) in [5.74, 6) is 0.833. The van der Waals surface area contributed by atoms with Crippen LogP contribution in [0, 0.1) is 13.8 Å². The van der Waals surface area contributed by atoms with Gasteiger partial charge >= 0.3 is 5.69 Å². The molecule has 1 unspecified atom stereocenters. The van der Waals surface area contributed by atoms with E-state index in [0.29, 0.717) is 18.8 Å². The molecule has 4 rings (SSSR count). The van der Waals surface area contributed by atoms with Gasteiger partial charge in [-0.3, -0.25) is 9.36 Å². The molecule has 26 heavy (non-hydrogen) atoms. The maximum atomic E-state index is 12.1. The molecule has 2 aromatic heterocycles. The van der Waals surface area contributed by atoms with Gasteiger partial charge in [0.15, 0.2) is 0 Å². The lowest BCUT2D eigenvalue weighted by Gasteiger charge is -2.40. The maximum Gasteiger partial charge on any atom is 0.328 e. The summed E-state index contributed by atoms with van der Waals surface area (Å²) in [6.45, 7) is 6.73. The maximum absolute atomic E-state index is 12.1. The zero-order chi connectivity index (χ0) is 18.3. The lowest BCUT2D eigenvalue weighted by Crippen LogP contribution is -2.47. The molecule has 1 atom stereocenters. The third kappa shape index (κ3) is 3.00. The lowest BCUT2D eigenvalue weighted by atomic mass is 9.77. The molecular formula is C19H25N5O2. The molecule has 7 heteroatoms. The molecule has 7 nitrogen and oxygen atoms in total. The fraction of sp³-hybridized carbons (Fsp3) is 0.579. The third-order valence-electron chi connectivity index (χ3n) is 5.81. The van der Waals surface area contributed by atoms with E-state index < -0.39 is 0 Å². The topological polar surface area (TPSA) is 83.9 Å². The van der Waals surface area contributed by atoms with Crippen LogP contribution < -0.4 is 11.2 Å². The van der Waals surface area contributed by atoms with Crippen LogP contribution in [0.4, 0.5) is 0 Å². The Morgan fingerprint density at radius 2 is 2.08 bits per heavy atom. The second-order valence-corrected chi connectivity index (χ2v) is 7.70. The highest BCUT2D eigenvalue weighted by molar-refractivity contribution is 5.33. The van der Waals surface area contributed by atoms with Crippen LogP contribution in [0.15, 0.2) is 21.9 Å². The van der Waals surface area contributed by atoms with Crippen LogP contribution in [-0.2, 0) is 18.4 Å². The summed E-state index contributed by atoms with van der Waals surface area (Å²) in [4.78, 5) is 38.4. The van der Waals surface area contributed by atoms with Crippen molar-refractivity contribution in [3.8, 4) is 0 Å². The van der Waals surface area contributed by atoms with E-state index in [1.54, 1.807) is 6.92 Å². The number of piperidine rings is 1. The average molecular weight is 355 g/mol. The minimum absolute atomic E-state index is 0.103. The second-order valence-electron chi connectivity index (χ2n) is 7.70. The van der Waals surface area contributed by atoms with Crippen LogP contribution in [0.3, 0.4) is 0 Å². The van der Waals surface area contributed by atoms with Gasteiger partial charge in [0.2, 0.25) is 0 Å². The molecule has 138 valence electrons. The highest BCUT2D eigenvalue weighted by Crippen LogP contribution is 2.43. The molecule has 1 N–H and O–H groups in total. The molecular weight excluding hydrogens is 330 g/mol. The number of aromatic nitrogens is 4. The fourth-order valence-corrected chi connectivity index (χ4v) is 4.53. The molecule has 2 aliphatic rings. The van der Waals surface area contributed by atoms with Crippen molar-refractivity contribution in [3.05, 3.63) is 55.9 Å². The Balaban J connectivity index is 1.52. The highest BCUT2D eigenvalue weighted by atomic mass is 16.2. The van der Waals surface area contributed by atoms with Crippen molar-refractivity contribution in [1.29, 1.82) is 0 Å². The number of fused-ring (bicyclic) bond motifs is 2. The van der Waals surface area contributed by atoms with Gasteiger partial charge in [-0.2, -0.15) is 0 Å². The number of H-pyrrole nitrogens is 1. The number of aryl methyl sites for hydroxylation is 3. The normalized spacial score (nSPS) is 22.7. The van der Waals surface area contributed by atoms with Crippen LogP contribution in [-0.4, -0.2) is 44.1 Å². The predicted octanol–water partition coefficient (Wildman–Crippen LogP) is 0.923. The number of nitrogens with one attached hydrogen (secondary N) is 1.